The third-order valence-electron chi connectivity index (χ3n) is 5.67. The molecule has 5 heteroatoms. The van der Waals surface area contributed by atoms with Crippen LogP contribution in [0.3, 0.4) is 0 Å². The molecule has 0 aliphatic carbocycles. The van der Waals surface area contributed by atoms with Gasteiger partial charge in [0.25, 0.3) is 0 Å². The van der Waals surface area contributed by atoms with E-state index in [1.54, 1.807) is 31.1 Å². The lowest BCUT2D eigenvalue weighted by Crippen LogP contribution is -2.55. The summed E-state index contributed by atoms with van der Waals surface area (Å²) in [6, 6.07) is 13.3. The van der Waals surface area contributed by atoms with Gasteiger partial charge in [-0.15, -0.1) is 0 Å². The summed E-state index contributed by atoms with van der Waals surface area (Å²) in [5, 5.41) is 0. The molecule has 142 valence electrons. The summed E-state index contributed by atoms with van der Waals surface area (Å²) >= 11 is 0. The first-order valence-electron chi connectivity index (χ1n) is 9.07. The van der Waals surface area contributed by atoms with Crippen molar-refractivity contribution in [3.8, 4) is 5.75 Å². The second kappa shape index (κ2) is 6.72. The van der Waals surface area contributed by atoms with Crippen molar-refractivity contribution in [2.24, 2.45) is 5.73 Å². The number of primary amides is 1. The number of hydrogen-bond donors (Lipinski definition) is 1. The van der Waals surface area contributed by atoms with Gasteiger partial charge >= 0.3 is 0 Å². The monoisotopic (exact) mass is 366 g/mol. The van der Waals surface area contributed by atoms with Crippen LogP contribution in [0.25, 0.3) is 0 Å². The van der Waals surface area contributed by atoms with E-state index in [0.29, 0.717) is 5.56 Å². The van der Waals surface area contributed by atoms with Crippen LogP contribution < -0.4 is 15.4 Å². The molecule has 0 spiro atoms. The number of benzene rings is 2. The molecule has 0 saturated heterocycles. The van der Waals surface area contributed by atoms with Gasteiger partial charge in [-0.1, -0.05) is 25.1 Å². The molecule has 1 aliphatic heterocycles. The molecule has 0 bridgehead atoms. The number of fused-ring (bicyclic) bond motifs is 1. The van der Waals surface area contributed by atoms with Gasteiger partial charge < -0.3 is 15.4 Å². The Morgan fingerprint density at radius 1 is 1.11 bits per heavy atom. The number of carbonyl (C=O) groups is 2. The average molecular weight is 366 g/mol. The van der Waals surface area contributed by atoms with E-state index in [1.807, 2.05) is 30.3 Å². The number of hydrogen-bond acceptors (Lipinski definition) is 3. The van der Waals surface area contributed by atoms with Crippen molar-refractivity contribution in [2.75, 3.05) is 12.0 Å². The van der Waals surface area contributed by atoms with Crippen molar-refractivity contribution in [1.82, 2.24) is 0 Å². The fourth-order valence-electron chi connectivity index (χ4n) is 4.75. The number of anilines is 1. The van der Waals surface area contributed by atoms with Crippen LogP contribution in [0.4, 0.5) is 5.69 Å². The van der Waals surface area contributed by atoms with Gasteiger partial charge in [0.2, 0.25) is 11.8 Å². The van der Waals surface area contributed by atoms with Crippen LogP contribution in [-0.2, 0) is 4.79 Å². The molecule has 5 nitrogen and oxygen atoms in total. The minimum atomic E-state index is -0.483. The average Bonchev–Trinajstić information content (AvgIpc) is 2.60. The quantitative estimate of drug-likeness (QED) is 0.897. The molecular weight excluding hydrogens is 340 g/mol. The Labute approximate surface area is 160 Å². The van der Waals surface area contributed by atoms with Gasteiger partial charge in [-0.25, -0.2) is 0 Å². The molecular formula is C22H26N2O3. The molecule has 27 heavy (non-hydrogen) atoms. The summed E-state index contributed by atoms with van der Waals surface area (Å²) < 4.78 is 5.28. The van der Waals surface area contributed by atoms with E-state index in [9.17, 15) is 9.59 Å². The minimum absolute atomic E-state index is 0.00250. The van der Waals surface area contributed by atoms with Gasteiger partial charge in [0.1, 0.15) is 5.75 Å². The summed E-state index contributed by atoms with van der Waals surface area (Å²) in [7, 11) is 1.63. The van der Waals surface area contributed by atoms with Crippen LogP contribution in [-0.4, -0.2) is 24.5 Å². The number of methoxy groups -OCH3 is 1. The highest BCUT2D eigenvalue weighted by atomic mass is 16.5. The Hall–Kier alpha value is -2.82. The molecule has 2 atom stereocenters. The van der Waals surface area contributed by atoms with Crippen LogP contribution in [0.15, 0.2) is 42.5 Å². The molecule has 1 heterocycles. The number of rotatable bonds is 3. The molecule has 1 aliphatic rings. The summed E-state index contributed by atoms with van der Waals surface area (Å²) in [6.45, 7) is 7.79. The topological polar surface area (TPSA) is 72.6 Å². The fourth-order valence-corrected chi connectivity index (χ4v) is 4.75. The lowest BCUT2D eigenvalue weighted by atomic mass is 9.66. The van der Waals surface area contributed by atoms with Crippen LogP contribution in [0, 0.1) is 0 Å². The van der Waals surface area contributed by atoms with Crippen LogP contribution in [0.1, 0.15) is 61.0 Å². The van der Waals surface area contributed by atoms with Crippen molar-refractivity contribution < 1.29 is 14.3 Å². The van der Waals surface area contributed by atoms with E-state index >= 15 is 0 Å². The lowest BCUT2D eigenvalue weighted by molar-refractivity contribution is -0.118. The van der Waals surface area contributed by atoms with Gasteiger partial charge in [-0.05, 0) is 55.2 Å². The largest absolute Gasteiger partial charge is 0.497 e. The van der Waals surface area contributed by atoms with Crippen molar-refractivity contribution >= 4 is 17.5 Å². The third-order valence-corrected chi connectivity index (χ3v) is 5.67. The van der Waals surface area contributed by atoms with Crippen LogP contribution in [0.5, 0.6) is 5.75 Å². The number of nitrogens with zero attached hydrogens (tertiary/aromatic N) is 1. The molecule has 0 saturated carbocycles. The third kappa shape index (κ3) is 2.97. The molecule has 2 unspecified atom stereocenters. The highest BCUT2D eigenvalue weighted by Crippen LogP contribution is 2.53. The van der Waals surface area contributed by atoms with E-state index in [1.165, 1.54) is 0 Å². The van der Waals surface area contributed by atoms with Crippen molar-refractivity contribution in [3.63, 3.8) is 0 Å². The second-order valence-corrected chi connectivity index (χ2v) is 7.65. The first kappa shape index (κ1) is 19.0. The zero-order valence-corrected chi connectivity index (χ0v) is 16.4. The van der Waals surface area contributed by atoms with Gasteiger partial charge in [0.05, 0.1) is 7.11 Å². The number of ether oxygens (including phenoxy) is 1. The van der Waals surface area contributed by atoms with E-state index < -0.39 is 11.4 Å². The van der Waals surface area contributed by atoms with E-state index in [0.717, 1.165) is 22.6 Å². The maximum atomic E-state index is 12.6. The number of carbonyl (C=O) groups excluding carboxylic acids is 2. The zero-order valence-electron chi connectivity index (χ0n) is 16.4. The Morgan fingerprint density at radius 2 is 1.74 bits per heavy atom. The summed E-state index contributed by atoms with van der Waals surface area (Å²) in [6.07, 6.45) is 0. The highest BCUT2D eigenvalue weighted by molar-refractivity contribution is 6.01. The molecule has 0 aromatic heterocycles. The Bertz CT molecular complexity index is 887. The minimum Gasteiger partial charge on any atom is -0.497 e. The smallest absolute Gasteiger partial charge is 0.249 e. The van der Waals surface area contributed by atoms with Crippen molar-refractivity contribution in [3.05, 3.63) is 59.2 Å². The van der Waals surface area contributed by atoms with E-state index in [4.69, 9.17) is 10.5 Å². The molecule has 2 aromatic carbocycles. The van der Waals surface area contributed by atoms with E-state index in [2.05, 4.69) is 20.8 Å². The normalized spacial score (nSPS) is 20.7. The Morgan fingerprint density at radius 3 is 2.26 bits per heavy atom. The first-order chi connectivity index (χ1) is 12.7. The maximum absolute atomic E-state index is 12.6. The van der Waals surface area contributed by atoms with Crippen LogP contribution >= 0.6 is 0 Å². The number of nitrogens with two attached hydrogens (primary N) is 1. The summed E-state index contributed by atoms with van der Waals surface area (Å²) in [4.78, 5) is 26.5. The van der Waals surface area contributed by atoms with Crippen molar-refractivity contribution in [1.29, 1.82) is 0 Å². The lowest BCUT2D eigenvalue weighted by Gasteiger charge is -2.52. The summed E-state index contributed by atoms with van der Waals surface area (Å²) in [5.74, 6) is 0.230. The summed E-state index contributed by atoms with van der Waals surface area (Å²) in [5.41, 5.74) is 8.33. The zero-order chi connectivity index (χ0) is 19.9. The van der Waals surface area contributed by atoms with Gasteiger partial charge in [0, 0.05) is 29.6 Å². The predicted octanol–water partition coefficient (Wildman–Crippen LogP) is 3.83. The molecule has 2 amide bonds. The number of amides is 2. The Balaban J connectivity index is 2.26. The van der Waals surface area contributed by atoms with E-state index in [-0.39, 0.29) is 17.7 Å². The van der Waals surface area contributed by atoms with Crippen LogP contribution in [0.2, 0.25) is 0 Å². The first-order valence-corrected chi connectivity index (χ1v) is 9.07. The SMILES string of the molecule is COc1ccc(C2C(C)c3c(C(N)=O)cccc3N(C(C)=O)C2(C)C)cc1. The maximum Gasteiger partial charge on any atom is 0.249 e. The molecule has 0 radical (unpaired) electrons. The molecule has 3 rings (SSSR count). The second-order valence-electron chi connectivity index (χ2n) is 7.65. The fraction of sp³-hybridized carbons (Fsp3) is 0.364. The highest BCUT2D eigenvalue weighted by Gasteiger charge is 2.48. The van der Waals surface area contributed by atoms with Gasteiger partial charge in [-0.2, -0.15) is 0 Å². The molecule has 2 aromatic rings. The van der Waals surface area contributed by atoms with Crippen molar-refractivity contribution in [2.45, 2.75) is 45.1 Å². The molecule has 0 fully saturated rings. The standard InChI is InChI=1S/C22H26N2O3/c1-13-19-17(21(23)26)7-6-8-18(19)24(14(2)25)22(3,4)20(13)15-9-11-16(27-5)12-10-15/h6-13,20H,1-5H3,(H2,23,26). The van der Waals surface area contributed by atoms with Gasteiger partial charge in [-0.3, -0.25) is 9.59 Å². The molecule has 2 N–H and O–H groups in total. The Kier molecular flexibility index (Phi) is 4.72. The van der Waals surface area contributed by atoms with Gasteiger partial charge in [0.15, 0.2) is 0 Å². The predicted molar refractivity (Wildman–Crippen MR) is 106 cm³/mol.